The second kappa shape index (κ2) is 3.51. The van der Waals surface area contributed by atoms with Gasteiger partial charge in [-0.05, 0) is 31.6 Å². The fourth-order valence-corrected chi connectivity index (χ4v) is 2.55. The molecule has 2 aliphatic rings. The number of fused-ring (bicyclic) bond motifs is 1. The maximum absolute atomic E-state index is 11.4. The molecule has 0 spiro atoms. The van der Waals surface area contributed by atoms with Crippen LogP contribution in [0.25, 0.3) is 0 Å². The van der Waals surface area contributed by atoms with Gasteiger partial charge in [0, 0.05) is 0 Å². The number of aliphatic hydroxyl groups excluding tert-OH is 2. The highest BCUT2D eigenvalue weighted by Gasteiger charge is 2.59. The summed E-state index contributed by atoms with van der Waals surface area (Å²) in [5.41, 5.74) is 0. The van der Waals surface area contributed by atoms with Crippen molar-refractivity contribution < 1.29 is 19.7 Å². The lowest BCUT2D eigenvalue weighted by atomic mass is 9.95. The van der Waals surface area contributed by atoms with Gasteiger partial charge in [0.1, 0.15) is 0 Å². The van der Waals surface area contributed by atoms with Gasteiger partial charge in [0.05, 0.1) is 24.7 Å². The number of ether oxygens (including phenoxy) is 1. The molecule has 2 aliphatic carbocycles. The molecule has 4 unspecified atom stereocenters. The molecule has 2 N–H and O–H groups in total. The zero-order chi connectivity index (χ0) is 10.3. The van der Waals surface area contributed by atoms with Gasteiger partial charge in [-0.1, -0.05) is 0 Å². The van der Waals surface area contributed by atoms with Crippen molar-refractivity contribution in [2.75, 3.05) is 6.61 Å². The number of esters is 1. The van der Waals surface area contributed by atoms with E-state index >= 15 is 0 Å². The minimum atomic E-state index is -0.657. The normalized spacial score (nSPS) is 45.5. The summed E-state index contributed by atoms with van der Waals surface area (Å²) in [5.74, 6) is 0.255. The third-order valence-corrected chi connectivity index (χ3v) is 3.36. The highest BCUT2D eigenvalue weighted by molar-refractivity contribution is 5.76. The lowest BCUT2D eigenvalue weighted by Gasteiger charge is -2.21. The summed E-state index contributed by atoms with van der Waals surface area (Å²) >= 11 is 0. The topological polar surface area (TPSA) is 66.8 Å². The van der Waals surface area contributed by atoms with E-state index in [9.17, 15) is 15.0 Å². The molecule has 4 atom stereocenters. The molecule has 4 nitrogen and oxygen atoms in total. The predicted octanol–water partition coefficient (Wildman–Crippen LogP) is -0.0727. The number of hydrogen-bond acceptors (Lipinski definition) is 4. The summed E-state index contributed by atoms with van der Waals surface area (Å²) in [7, 11) is 0. The Morgan fingerprint density at radius 1 is 1.29 bits per heavy atom. The maximum atomic E-state index is 11.4. The molecule has 4 heteroatoms. The van der Waals surface area contributed by atoms with E-state index in [1.807, 2.05) is 0 Å². The van der Waals surface area contributed by atoms with Gasteiger partial charge < -0.3 is 14.9 Å². The second-order valence-corrected chi connectivity index (χ2v) is 4.21. The first-order valence-corrected chi connectivity index (χ1v) is 5.18. The lowest BCUT2D eigenvalue weighted by molar-refractivity contribution is -0.145. The van der Waals surface area contributed by atoms with Gasteiger partial charge in [-0.2, -0.15) is 0 Å². The number of aliphatic hydroxyl groups is 2. The fraction of sp³-hybridized carbons (Fsp3) is 0.900. The van der Waals surface area contributed by atoms with Crippen LogP contribution in [0.15, 0.2) is 0 Å². The van der Waals surface area contributed by atoms with Crippen molar-refractivity contribution in [2.45, 2.75) is 32.0 Å². The number of hydrogen-bond donors (Lipinski definition) is 2. The van der Waals surface area contributed by atoms with Crippen LogP contribution < -0.4 is 0 Å². The Kier molecular flexibility index (Phi) is 2.49. The molecule has 2 fully saturated rings. The number of rotatable bonds is 2. The van der Waals surface area contributed by atoms with Crippen LogP contribution in [-0.4, -0.2) is 35.0 Å². The zero-order valence-corrected chi connectivity index (χ0v) is 8.22. The minimum Gasteiger partial charge on any atom is -0.466 e. The average Bonchev–Trinajstić information content (AvgIpc) is 2.79. The first-order valence-electron chi connectivity index (χ1n) is 5.18. The van der Waals surface area contributed by atoms with Gasteiger partial charge in [0.15, 0.2) is 0 Å². The highest BCUT2D eigenvalue weighted by atomic mass is 16.5. The summed E-state index contributed by atoms with van der Waals surface area (Å²) in [4.78, 5) is 11.4. The van der Waals surface area contributed by atoms with Crippen molar-refractivity contribution in [1.82, 2.24) is 0 Å². The monoisotopic (exact) mass is 200 g/mol. The van der Waals surface area contributed by atoms with E-state index in [1.165, 1.54) is 0 Å². The Hall–Kier alpha value is -0.610. The molecule has 0 aromatic heterocycles. The Morgan fingerprint density at radius 2 is 1.79 bits per heavy atom. The van der Waals surface area contributed by atoms with Gasteiger partial charge >= 0.3 is 5.97 Å². The van der Waals surface area contributed by atoms with Crippen molar-refractivity contribution in [3.63, 3.8) is 0 Å². The van der Waals surface area contributed by atoms with Crippen LogP contribution in [0.4, 0.5) is 0 Å². The maximum Gasteiger partial charge on any atom is 0.309 e. The standard InChI is InChI=1S/C10H16O4/c1-2-14-10(13)9-5-3-7(11)8(12)4-6(5)9/h5-9,11-12H,2-4H2,1H3. The molecule has 0 aliphatic heterocycles. The Bertz CT molecular complexity index is 224. The molecule has 0 amide bonds. The van der Waals surface area contributed by atoms with Crippen LogP contribution in [0.5, 0.6) is 0 Å². The molecule has 0 heterocycles. The summed E-state index contributed by atoms with van der Waals surface area (Å²) in [6.07, 6.45) is -0.240. The van der Waals surface area contributed by atoms with Crippen molar-refractivity contribution in [2.24, 2.45) is 17.8 Å². The fourth-order valence-electron chi connectivity index (χ4n) is 2.55. The lowest BCUT2D eigenvalue weighted by Crippen LogP contribution is -2.30. The third-order valence-electron chi connectivity index (χ3n) is 3.36. The molecule has 0 radical (unpaired) electrons. The first-order chi connectivity index (χ1) is 6.65. The van der Waals surface area contributed by atoms with Crippen LogP contribution in [0.1, 0.15) is 19.8 Å². The second-order valence-electron chi connectivity index (χ2n) is 4.21. The Labute approximate surface area is 82.9 Å². The average molecular weight is 200 g/mol. The van der Waals surface area contributed by atoms with Gasteiger partial charge in [0.2, 0.25) is 0 Å². The first kappa shape index (κ1) is 9.93. The van der Waals surface area contributed by atoms with Crippen LogP contribution >= 0.6 is 0 Å². The largest absolute Gasteiger partial charge is 0.466 e. The molecular formula is C10H16O4. The number of carbonyl (C=O) groups excluding carboxylic acids is 1. The van der Waals surface area contributed by atoms with Crippen LogP contribution in [0, 0.1) is 17.8 Å². The van der Waals surface area contributed by atoms with Crippen LogP contribution in [-0.2, 0) is 9.53 Å². The molecule has 0 bridgehead atoms. The van der Waals surface area contributed by atoms with Crippen molar-refractivity contribution in [1.29, 1.82) is 0 Å². The molecule has 2 saturated carbocycles. The summed E-state index contributed by atoms with van der Waals surface area (Å²) in [5, 5.41) is 18.8. The van der Waals surface area contributed by atoms with E-state index in [0.29, 0.717) is 19.4 Å². The number of carbonyl (C=O) groups is 1. The van der Waals surface area contributed by atoms with Crippen LogP contribution in [0.3, 0.4) is 0 Å². The molecule has 0 saturated heterocycles. The van der Waals surface area contributed by atoms with E-state index < -0.39 is 12.2 Å². The van der Waals surface area contributed by atoms with Crippen LogP contribution in [0.2, 0.25) is 0 Å². The van der Waals surface area contributed by atoms with Gasteiger partial charge in [-0.25, -0.2) is 0 Å². The quantitative estimate of drug-likeness (QED) is 0.612. The summed E-state index contributed by atoms with van der Waals surface area (Å²) in [6, 6.07) is 0. The summed E-state index contributed by atoms with van der Waals surface area (Å²) < 4.78 is 4.93. The van der Waals surface area contributed by atoms with Crippen molar-refractivity contribution >= 4 is 5.97 Å². The summed E-state index contributed by atoms with van der Waals surface area (Å²) in [6.45, 7) is 2.19. The van der Waals surface area contributed by atoms with Gasteiger partial charge in [0.25, 0.3) is 0 Å². The smallest absolute Gasteiger partial charge is 0.309 e. The van der Waals surface area contributed by atoms with Crippen molar-refractivity contribution in [3.05, 3.63) is 0 Å². The van der Waals surface area contributed by atoms with Gasteiger partial charge in [-0.15, -0.1) is 0 Å². The van der Waals surface area contributed by atoms with E-state index in [4.69, 9.17) is 4.74 Å². The van der Waals surface area contributed by atoms with E-state index in [2.05, 4.69) is 0 Å². The Morgan fingerprint density at radius 3 is 2.21 bits per heavy atom. The molecular weight excluding hydrogens is 184 g/mol. The molecule has 80 valence electrons. The van der Waals surface area contributed by atoms with E-state index in [0.717, 1.165) is 0 Å². The van der Waals surface area contributed by atoms with E-state index in [-0.39, 0.29) is 23.7 Å². The van der Waals surface area contributed by atoms with Crippen molar-refractivity contribution in [3.8, 4) is 0 Å². The zero-order valence-electron chi connectivity index (χ0n) is 8.22. The minimum absolute atomic E-state index is 0.0678. The third kappa shape index (κ3) is 1.53. The molecule has 14 heavy (non-hydrogen) atoms. The van der Waals surface area contributed by atoms with Gasteiger partial charge in [-0.3, -0.25) is 4.79 Å². The Balaban J connectivity index is 1.92. The predicted molar refractivity (Wildman–Crippen MR) is 48.4 cm³/mol. The molecule has 0 aromatic carbocycles. The molecule has 2 rings (SSSR count). The SMILES string of the molecule is CCOC(=O)C1C2CC(O)C(O)CC21. The van der Waals surface area contributed by atoms with E-state index in [1.54, 1.807) is 6.92 Å². The molecule has 0 aromatic rings. The highest BCUT2D eigenvalue weighted by Crippen LogP contribution is 2.55.